The molecule has 0 aliphatic carbocycles. The number of halogens is 1. The lowest BCUT2D eigenvalue weighted by molar-refractivity contribution is -0.134. The number of hydrogen-bond acceptors (Lipinski definition) is 8. The number of esters is 1. The van der Waals surface area contributed by atoms with Crippen LogP contribution in [0.1, 0.15) is 17.3 Å². The highest BCUT2D eigenvalue weighted by Gasteiger charge is 2.24. The van der Waals surface area contributed by atoms with Crippen LogP contribution in [0.2, 0.25) is 5.02 Å². The first-order valence-corrected chi connectivity index (χ1v) is 9.88. The smallest absolute Gasteiger partial charge is 0.338 e. The topological polar surface area (TPSA) is 94.1 Å². The van der Waals surface area contributed by atoms with Gasteiger partial charge in [-0.15, -0.1) is 0 Å². The van der Waals surface area contributed by atoms with Crippen LogP contribution in [0, 0.1) is 0 Å². The molecule has 0 spiro atoms. The highest BCUT2D eigenvalue weighted by atomic mass is 35.5. The molecule has 1 fully saturated rings. The Kier molecular flexibility index (Phi) is 7.29. The van der Waals surface area contributed by atoms with Gasteiger partial charge in [-0.25, -0.2) is 14.8 Å². The molecule has 30 heavy (non-hydrogen) atoms. The molecule has 9 nitrogen and oxygen atoms in total. The normalized spacial score (nSPS) is 13.7. The predicted octanol–water partition coefficient (Wildman–Crippen LogP) is 2.04. The average molecular weight is 435 g/mol. The Bertz CT molecular complexity index is 888. The molecule has 2 aromatic rings. The highest BCUT2D eigenvalue weighted by molar-refractivity contribution is 6.32. The number of methoxy groups -OCH3 is 1. The Balaban J connectivity index is 1.54. The second-order valence-corrected chi connectivity index (χ2v) is 6.82. The van der Waals surface area contributed by atoms with Crippen molar-refractivity contribution in [1.82, 2.24) is 14.9 Å². The second-order valence-electron chi connectivity index (χ2n) is 6.42. The van der Waals surface area contributed by atoms with E-state index < -0.39 is 5.97 Å². The monoisotopic (exact) mass is 434 g/mol. The first kappa shape index (κ1) is 21.6. The number of rotatable bonds is 7. The zero-order valence-corrected chi connectivity index (χ0v) is 17.6. The lowest BCUT2D eigenvalue weighted by Crippen LogP contribution is -2.50. The van der Waals surface area contributed by atoms with Gasteiger partial charge in [-0.3, -0.25) is 4.79 Å². The molecule has 2 heterocycles. The van der Waals surface area contributed by atoms with Gasteiger partial charge in [0.1, 0.15) is 0 Å². The Morgan fingerprint density at radius 2 is 1.83 bits per heavy atom. The first-order chi connectivity index (χ1) is 14.5. The summed E-state index contributed by atoms with van der Waals surface area (Å²) in [4.78, 5) is 36.9. The number of anilines is 1. The van der Waals surface area contributed by atoms with Crippen molar-refractivity contribution in [2.75, 3.05) is 51.4 Å². The van der Waals surface area contributed by atoms with E-state index >= 15 is 0 Å². The van der Waals surface area contributed by atoms with Gasteiger partial charge in [0.25, 0.3) is 5.91 Å². The molecule has 160 valence electrons. The standard InChI is InChI=1S/C20H23ClN4O5/c1-3-29-18-15(21)11-14(12-16(18)28-2)19(27)30-13-17(26)24-7-9-25(10-8-24)20-22-5-4-6-23-20/h4-6,11-12H,3,7-10,13H2,1-2H3. The zero-order chi connectivity index (χ0) is 21.5. The van der Waals surface area contributed by atoms with E-state index in [1.807, 2.05) is 11.8 Å². The van der Waals surface area contributed by atoms with Crippen molar-refractivity contribution < 1.29 is 23.8 Å². The molecule has 1 aromatic carbocycles. The van der Waals surface area contributed by atoms with E-state index in [1.165, 1.54) is 19.2 Å². The van der Waals surface area contributed by atoms with E-state index in [-0.39, 0.29) is 23.1 Å². The molecule has 3 rings (SSSR count). The molecule has 10 heteroatoms. The summed E-state index contributed by atoms with van der Waals surface area (Å²) in [7, 11) is 1.45. The van der Waals surface area contributed by atoms with Crippen LogP contribution in [-0.4, -0.2) is 73.2 Å². The largest absolute Gasteiger partial charge is 0.493 e. The van der Waals surface area contributed by atoms with E-state index in [0.717, 1.165) is 0 Å². The third-order valence-corrected chi connectivity index (χ3v) is 4.83. The van der Waals surface area contributed by atoms with Crippen LogP contribution >= 0.6 is 11.6 Å². The molecular formula is C20H23ClN4O5. The van der Waals surface area contributed by atoms with E-state index in [1.54, 1.807) is 23.4 Å². The van der Waals surface area contributed by atoms with Crippen molar-refractivity contribution in [2.24, 2.45) is 0 Å². The van der Waals surface area contributed by atoms with Gasteiger partial charge in [0.15, 0.2) is 18.1 Å². The Morgan fingerprint density at radius 1 is 1.13 bits per heavy atom. The minimum absolute atomic E-state index is 0.180. The van der Waals surface area contributed by atoms with Crippen molar-refractivity contribution in [2.45, 2.75) is 6.92 Å². The molecular weight excluding hydrogens is 412 g/mol. The molecule has 1 amide bonds. The van der Waals surface area contributed by atoms with Crippen LogP contribution < -0.4 is 14.4 Å². The summed E-state index contributed by atoms with van der Waals surface area (Å²) in [5.74, 6) is 0.387. The van der Waals surface area contributed by atoms with Crippen LogP contribution in [0.5, 0.6) is 11.5 Å². The van der Waals surface area contributed by atoms with E-state index in [4.69, 9.17) is 25.8 Å². The van der Waals surface area contributed by atoms with E-state index in [0.29, 0.717) is 50.2 Å². The van der Waals surface area contributed by atoms with Crippen molar-refractivity contribution in [1.29, 1.82) is 0 Å². The molecule has 0 N–H and O–H groups in total. The minimum atomic E-state index is -0.664. The van der Waals surface area contributed by atoms with Gasteiger partial charge in [-0.2, -0.15) is 0 Å². The van der Waals surface area contributed by atoms with Gasteiger partial charge < -0.3 is 24.0 Å². The van der Waals surface area contributed by atoms with Crippen LogP contribution in [0.25, 0.3) is 0 Å². The molecule has 1 saturated heterocycles. The summed E-state index contributed by atoms with van der Waals surface area (Å²) in [6.45, 7) is 4.07. The van der Waals surface area contributed by atoms with Crippen LogP contribution in [-0.2, 0) is 9.53 Å². The fourth-order valence-corrected chi connectivity index (χ4v) is 3.30. The number of amides is 1. The first-order valence-electron chi connectivity index (χ1n) is 9.50. The fourth-order valence-electron chi connectivity index (χ4n) is 3.03. The molecule has 1 aliphatic rings. The quantitative estimate of drug-likeness (QED) is 0.611. The van der Waals surface area contributed by atoms with Gasteiger partial charge >= 0.3 is 5.97 Å². The SMILES string of the molecule is CCOc1c(Cl)cc(C(=O)OCC(=O)N2CCN(c3ncccn3)CC2)cc1OC. The van der Waals surface area contributed by atoms with Gasteiger partial charge in [-0.05, 0) is 25.1 Å². The lowest BCUT2D eigenvalue weighted by Gasteiger charge is -2.34. The Hall–Kier alpha value is -3.07. The highest BCUT2D eigenvalue weighted by Crippen LogP contribution is 2.36. The van der Waals surface area contributed by atoms with Crippen LogP contribution in [0.3, 0.4) is 0 Å². The summed E-state index contributed by atoms with van der Waals surface area (Å²) in [5, 5.41) is 0.230. The number of aromatic nitrogens is 2. The van der Waals surface area contributed by atoms with Crippen molar-refractivity contribution in [3.63, 3.8) is 0 Å². The van der Waals surface area contributed by atoms with Gasteiger partial charge in [0.2, 0.25) is 5.95 Å². The summed E-state index contributed by atoms with van der Waals surface area (Å²) in [6.07, 6.45) is 3.36. The molecule has 0 radical (unpaired) electrons. The number of benzene rings is 1. The fraction of sp³-hybridized carbons (Fsp3) is 0.400. The lowest BCUT2D eigenvalue weighted by atomic mass is 10.2. The maximum Gasteiger partial charge on any atom is 0.338 e. The van der Waals surface area contributed by atoms with E-state index in [2.05, 4.69) is 9.97 Å². The molecule has 0 atom stereocenters. The molecule has 1 aromatic heterocycles. The number of piperazine rings is 1. The average Bonchev–Trinajstić information content (AvgIpc) is 2.79. The predicted molar refractivity (Wildman–Crippen MR) is 110 cm³/mol. The molecule has 1 aliphatic heterocycles. The number of carbonyl (C=O) groups is 2. The van der Waals surface area contributed by atoms with E-state index in [9.17, 15) is 9.59 Å². The number of carbonyl (C=O) groups excluding carboxylic acids is 2. The maximum absolute atomic E-state index is 12.4. The minimum Gasteiger partial charge on any atom is -0.493 e. The number of nitrogens with zero attached hydrogens (tertiary/aromatic N) is 4. The van der Waals surface area contributed by atoms with Crippen molar-refractivity contribution in [3.8, 4) is 11.5 Å². The number of ether oxygens (including phenoxy) is 3. The van der Waals surface area contributed by atoms with Gasteiger partial charge in [0.05, 0.1) is 24.3 Å². The van der Waals surface area contributed by atoms with Crippen LogP contribution in [0.15, 0.2) is 30.6 Å². The van der Waals surface area contributed by atoms with Crippen LogP contribution in [0.4, 0.5) is 5.95 Å². The Labute approximate surface area is 179 Å². The maximum atomic E-state index is 12.4. The van der Waals surface area contributed by atoms with Gasteiger partial charge in [-0.1, -0.05) is 11.6 Å². The van der Waals surface area contributed by atoms with Crippen molar-refractivity contribution in [3.05, 3.63) is 41.2 Å². The molecule has 0 bridgehead atoms. The Morgan fingerprint density at radius 3 is 2.47 bits per heavy atom. The van der Waals surface area contributed by atoms with Crippen molar-refractivity contribution >= 4 is 29.4 Å². The zero-order valence-electron chi connectivity index (χ0n) is 16.8. The third kappa shape index (κ3) is 5.10. The second kappa shape index (κ2) is 10.1. The molecule has 0 saturated carbocycles. The summed E-state index contributed by atoms with van der Waals surface area (Å²) >= 11 is 6.18. The summed E-state index contributed by atoms with van der Waals surface area (Å²) in [6, 6.07) is 4.66. The number of hydrogen-bond donors (Lipinski definition) is 0. The summed E-state index contributed by atoms with van der Waals surface area (Å²) < 4.78 is 15.8. The van der Waals surface area contributed by atoms with Gasteiger partial charge in [0, 0.05) is 38.6 Å². The third-order valence-electron chi connectivity index (χ3n) is 4.55. The summed E-state index contributed by atoms with van der Waals surface area (Å²) in [5.41, 5.74) is 0.180. The molecule has 0 unspecified atom stereocenters.